The summed E-state index contributed by atoms with van der Waals surface area (Å²) in [6.07, 6.45) is 3.72. The topological polar surface area (TPSA) is 52.9 Å². The van der Waals surface area contributed by atoms with Crippen LogP contribution >= 0.6 is 11.8 Å². The fourth-order valence-electron chi connectivity index (χ4n) is 1.93. The summed E-state index contributed by atoms with van der Waals surface area (Å²) < 4.78 is 0. The van der Waals surface area contributed by atoms with E-state index in [-0.39, 0.29) is 5.91 Å². The Morgan fingerprint density at radius 1 is 1.50 bits per heavy atom. The van der Waals surface area contributed by atoms with Crippen LogP contribution in [0.1, 0.15) is 39.5 Å². The molecule has 0 spiro atoms. The molecule has 0 aliphatic heterocycles. The molecule has 1 aliphatic rings. The van der Waals surface area contributed by atoms with Gasteiger partial charge in [-0.2, -0.15) is 17.0 Å². The highest BCUT2D eigenvalue weighted by atomic mass is 32.2. The number of carbonyl (C=O) groups excluding carboxylic acids is 1. The Labute approximate surface area is 102 Å². The molecule has 16 heavy (non-hydrogen) atoms. The summed E-state index contributed by atoms with van der Waals surface area (Å²) in [5, 5.41) is 12.0. The van der Waals surface area contributed by atoms with Crippen LogP contribution in [0.15, 0.2) is 0 Å². The van der Waals surface area contributed by atoms with E-state index >= 15 is 0 Å². The molecule has 90 valence electrons. The van der Waals surface area contributed by atoms with Gasteiger partial charge in [0.1, 0.15) is 5.54 Å². The van der Waals surface area contributed by atoms with Gasteiger partial charge in [0.25, 0.3) is 0 Å². The predicted octanol–water partition coefficient (Wildman–Crippen LogP) is 2.33. The van der Waals surface area contributed by atoms with Crippen molar-refractivity contribution in [3.8, 4) is 6.07 Å². The van der Waals surface area contributed by atoms with Crippen molar-refractivity contribution < 1.29 is 4.79 Å². The van der Waals surface area contributed by atoms with E-state index < -0.39 is 5.54 Å². The van der Waals surface area contributed by atoms with Gasteiger partial charge in [-0.1, -0.05) is 13.8 Å². The fourth-order valence-corrected chi connectivity index (χ4v) is 2.78. The molecule has 1 N–H and O–H groups in total. The molecule has 0 radical (unpaired) electrons. The van der Waals surface area contributed by atoms with Crippen LogP contribution in [0.4, 0.5) is 0 Å². The minimum Gasteiger partial charge on any atom is -0.337 e. The van der Waals surface area contributed by atoms with Gasteiger partial charge >= 0.3 is 0 Å². The number of hydrogen-bond acceptors (Lipinski definition) is 3. The Bertz CT molecular complexity index is 277. The lowest BCUT2D eigenvalue weighted by Gasteiger charge is -2.21. The summed E-state index contributed by atoms with van der Waals surface area (Å²) in [6.45, 7) is 4.28. The smallest absolute Gasteiger partial charge is 0.231 e. The number of thioether (sulfide) groups is 1. The molecular weight excluding hydrogens is 220 g/mol. The maximum atomic E-state index is 11.7. The normalized spacial score (nSPS) is 18.4. The van der Waals surface area contributed by atoms with E-state index in [1.807, 2.05) is 0 Å². The number of hydrogen-bond donors (Lipinski definition) is 1. The highest BCUT2D eigenvalue weighted by molar-refractivity contribution is 7.99. The molecule has 1 fully saturated rings. The molecular formula is C12H20N2OS. The van der Waals surface area contributed by atoms with Gasteiger partial charge in [0.15, 0.2) is 0 Å². The van der Waals surface area contributed by atoms with Crippen molar-refractivity contribution in [2.24, 2.45) is 5.92 Å². The molecule has 0 aromatic carbocycles. The van der Waals surface area contributed by atoms with E-state index in [4.69, 9.17) is 5.26 Å². The van der Waals surface area contributed by atoms with Crippen molar-refractivity contribution >= 4 is 17.7 Å². The number of nitrogens with zero attached hydrogens (tertiary/aromatic N) is 1. The van der Waals surface area contributed by atoms with Gasteiger partial charge in [-0.3, -0.25) is 4.79 Å². The summed E-state index contributed by atoms with van der Waals surface area (Å²) in [4.78, 5) is 11.7. The second-order valence-electron chi connectivity index (χ2n) is 4.86. The first-order chi connectivity index (χ1) is 7.58. The van der Waals surface area contributed by atoms with Crippen LogP contribution in [0.2, 0.25) is 0 Å². The zero-order valence-electron chi connectivity index (χ0n) is 10.1. The van der Waals surface area contributed by atoms with Crippen molar-refractivity contribution in [2.45, 2.75) is 45.1 Å². The Hall–Kier alpha value is -0.690. The van der Waals surface area contributed by atoms with Crippen molar-refractivity contribution in [2.75, 3.05) is 11.5 Å². The number of amides is 1. The molecule has 0 heterocycles. The second-order valence-corrected chi connectivity index (χ2v) is 5.89. The van der Waals surface area contributed by atoms with Gasteiger partial charge in [-0.25, -0.2) is 0 Å². The van der Waals surface area contributed by atoms with Crippen LogP contribution in [0.3, 0.4) is 0 Å². The van der Waals surface area contributed by atoms with Crippen molar-refractivity contribution in [3.05, 3.63) is 0 Å². The zero-order chi connectivity index (χ0) is 12.0. The molecule has 0 unspecified atom stereocenters. The summed E-state index contributed by atoms with van der Waals surface area (Å²) in [5.41, 5.74) is -0.560. The third kappa shape index (κ3) is 4.05. The molecule has 4 heteroatoms. The van der Waals surface area contributed by atoms with E-state index in [9.17, 15) is 4.79 Å². The lowest BCUT2D eigenvalue weighted by molar-refractivity contribution is -0.119. The maximum Gasteiger partial charge on any atom is 0.231 e. The first-order valence-corrected chi connectivity index (χ1v) is 7.03. The SMILES string of the molecule is CC(C)CSCC(=O)NC1(C#N)CCCC1. The Morgan fingerprint density at radius 2 is 2.12 bits per heavy atom. The standard InChI is InChI=1S/C12H20N2OS/c1-10(2)7-16-8-11(15)14-12(9-13)5-3-4-6-12/h10H,3-8H2,1-2H3,(H,14,15). The summed E-state index contributed by atoms with van der Waals surface area (Å²) in [5.74, 6) is 2.08. The molecule has 0 aromatic heterocycles. The lowest BCUT2D eigenvalue weighted by Crippen LogP contribution is -2.45. The zero-order valence-corrected chi connectivity index (χ0v) is 10.9. The van der Waals surface area contributed by atoms with Crippen LogP contribution in [0.25, 0.3) is 0 Å². The Morgan fingerprint density at radius 3 is 2.62 bits per heavy atom. The monoisotopic (exact) mass is 240 g/mol. The number of nitriles is 1. The van der Waals surface area contributed by atoms with Crippen molar-refractivity contribution in [1.82, 2.24) is 5.32 Å². The molecule has 0 atom stereocenters. The number of carbonyl (C=O) groups is 1. The third-order valence-electron chi connectivity index (χ3n) is 2.73. The van der Waals surface area contributed by atoms with E-state index in [1.54, 1.807) is 11.8 Å². The highest BCUT2D eigenvalue weighted by Gasteiger charge is 2.35. The largest absolute Gasteiger partial charge is 0.337 e. The predicted molar refractivity (Wildman–Crippen MR) is 67.1 cm³/mol. The highest BCUT2D eigenvalue weighted by Crippen LogP contribution is 2.28. The molecule has 3 nitrogen and oxygen atoms in total. The fraction of sp³-hybridized carbons (Fsp3) is 0.833. The number of rotatable bonds is 5. The lowest BCUT2D eigenvalue weighted by atomic mass is 10.0. The first kappa shape index (κ1) is 13.4. The van der Waals surface area contributed by atoms with Crippen LogP contribution in [0.5, 0.6) is 0 Å². The van der Waals surface area contributed by atoms with Gasteiger partial charge in [0.05, 0.1) is 11.8 Å². The van der Waals surface area contributed by atoms with Gasteiger partial charge in [0, 0.05) is 0 Å². The van der Waals surface area contributed by atoms with Gasteiger partial charge in [-0.15, -0.1) is 0 Å². The van der Waals surface area contributed by atoms with Crippen molar-refractivity contribution in [1.29, 1.82) is 5.26 Å². The van der Waals surface area contributed by atoms with E-state index in [2.05, 4.69) is 25.2 Å². The molecule has 1 aliphatic carbocycles. The van der Waals surface area contributed by atoms with E-state index in [0.717, 1.165) is 31.4 Å². The summed E-state index contributed by atoms with van der Waals surface area (Å²) in [6, 6.07) is 2.27. The number of nitrogens with one attached hydrogen (secondary N) is 1. The third-order valence-corrected chi connectivity index (χ3v) is 4.10. The Kier molecular flexibility index (Phi) is 5.14. The minimum absolute atomic E-state index is 0.00843. The molecule has 1 saturated carbocycles. The van der Waals surface area contributed by atoms with Crippen molar-refractivity contribution in [3.63, 3.8) is 0 Å². The van der Waals surface area contributed by atoms with Crippen LogP contribution < -0.4 is 5.32 Å². The van der Waals surface area contributed by atoms with Crippen LogP contribution in [-0.2, 0) is 4.79 Å². The Balaban J connectivity index is 2.30. The van der Waals surface area contributed by atoms with Gasteiger partial charge in [0.2, 0.25) is 5.91 Å². The second kappa shape index (κ2) is 6.15. The average Bonchev–Trinajstić information content (AvgIpc) is 2.66. The summed E-state index contributed by atoms with van der Waals surface area (Å²) in [7, 11) is 0. The molecule has 0 aromatic rings. The first-order valence-electron chi connectivity index (χ1n) is 5.88. The van der Waals surface area contributed by atoms with Gasteiger partial charge < -0.3 is 5.32 Å². The minimum atomic E-state index is -0.560. The molecule has 0 saturated heterocycles. The van der Waals surface area contributed by atoms with E-state index in [1.165, 1.54) is 0 Å². The maximum absolute atomic E-state index is 11.7. The van der Waals surface area contributed by atoms with Crippen LogP contribution in [-0.4, -0.2) is 23.0 Å². The quantitative estimate of drug-likeness (QED) is 0.802. The average molecular weight is 240 g/mol. The van der Waals surface area contributed by atoms with Gasteiger partial charge in [-0.05, 0) is 37.4 Å². The molecule has 1 rings (SSSR count). The van der Waals surface area contributed by atoms with Crippen LogP contribution in [0, 0.1) is 17.2 Å². The van der Waals surface area contributed by atoms with E-state index in [0.29, 0.717) is 11.7 Å². The summed E-state index contributed by atoms with van der Waals surface area (Å²) >= 11 is 1.64. The molecule has 1 amide bonds. The molecule has 0 bridgehead atoms.